The summed E-state index contributed by atoms with van der Waals surface area (Å²) >= 11 is 0. The molecule has 4 bridgehead atoms. The third kappa shape index (κ3) is 17.0. The van der Waals surface area contributed by atoms with E-state index in [2.05, 4.69) is 61.6 Å². The van der Waals surface area contributed by atoms with Crippen LogP contribution in [0, 0.1) is 44.3 Å². The molecule has 0 aromatic heterocycles. The highest BCUT2D eigenvalue weighted by Gasteiger charge is 2.86. The molecule has 6 rings (SSSR count). The Morgan fingerprint density at radius 2 is 0.830 bits per heavy atom. The van der Waals surface area contributed by atoms with Gasteiger partial charge in [-0.15, -0.1) is 13.2 Å². The Hall–Kier alpha value is -1.82. The molecular formula is C72H120F14O8. The number of alkyl halides is 14. The van der Waals surface area contributed by atoms with Gasteiger partial charge in [-0.2, -0.15) is 61.5 Å². The maximum absolute atomic E-state index is 16.2. The standard InChI is InChI=1S/C38H65F7O4.C20H29F7O2.C14H26O2/c1-11-14-24-47-28(5)49-33(10,36(39,40)37(41,42)38(43,44)45)35-21-19-34(26-35,20-22-35)30(6,7)25-31(8,13-3)29-17-15-16-18-32(29,9)48-27(4)46-23-12-2;1-5-7-12-28-14(3)29-15(4,18(21,22)19(23,24)20(25,26)27)17-10-8-16(6-2,13-17)9-11-17;1-5-11-15-12(3)16-14(4)10-8-7-9-13(14)6-2/h27-29H,11-26H2,1-10H3;6,14H,2,5,7-13H2,1,3-4H3;6,12-13H,2,5,7-11H2,1,3-4H3. The van der Waals surface area contributed by atoms with Crippen LogP contribution in [0.2, 0.25) is 0 Å². The van der Waals surface area contributed by atoms with E-state index in [1.807, 2.05) is 40.7 Å². The second-order valence-electron chi connectivity index (χ2n) is 30.6. The summed E-state index contributed by atoms with van der Waals surface area (Å²) in [4.78, 5) is 0. The first kappa shape index (κ1) is 84.6. The molecule has 0 heterocycles. The van der Waals surface area contributed by atoms with Gasteiger partial charge < -0.3 is 37.9 Å². The topological polar surface area (TPSA) is 73.8 Å². The SMILES string of the molecule is C=CC12CCC(C(C)(OC(C)OCCCC)C(F)(F)C(F)(F)C(F)(F)F)(CC1)C2.C=CC1CCCCC1(C)OC(C)OCCC.CCCCOC(C)OC(C)(C12CCC(C(C)(C)CC(C)(CC)C3CCCCC3(C)OC(C)OCCC)(CC1)C2)C(F)(F)C(F)(F)C(F)(F)F. The Balaban J connectivity index is 0.000000349. The molecule has 6 fully saturated rings. The van der Waals surface area contributed by atoms with Crippen molar-refractivity contribution in [1.29, 1.82) is 0 Å². The first-order valence-electron chi connectivity index (χ1n) is 35.2. The first-order chi connectivity index (χ1) is 43.1. The van der Waals surface area contributed by atoms with Gasteiger partial charge >= 0.3 is 36.0 Å². The van der Waals surface area contributed by atoms with Crippen molar-refractivity contribution in [1.82, 2.24) is 0 Å². The molecule has 11 atom stereocenters. The highest BCUT2D eigenvalue weighted by Crippen LogP contribution is 2.76. The molecule has 94 heavy (non-hydrogen) atoms. The Bertz CT molecular complexity index is 2340. The number of fused-ring (bicyclic) bond motifs is 4. The third-order valence-corrected chi connectivity index (χ3v) is 24.0. The molecule has 0 saturated heterocycles. The van der Waals surface area contributed by atoms with E-state index in [0.717, 1.165) is 84.2 Å². The number of hydrogen-bond acceptors (Lipinski definition) is 8. The average molecular weight is 1380 g/mol. The Labute approximate surface area is 554 Å². The lowest BCUT2D eigenvalue weighted by Gasteiger charge is -2.55. The molecule has 22 heteroatoms. The number of ether oxygens (including phenoxy) is 8. The Kier molecular flexibility index (Phi) is 28.8. The number of rotatable bonds is 35. The van der Waals surface area contributed by atoms with Gasteiger partial charge in [0.25, 0.3) is 0 Å². The highest BCUT2D eigenvalue weighted by atomic mass is 19.4. The molecule has 6 saturated carbocycles. The van der Waals surface area contributed by atoms with E-state index < -0.39 is 92.5 Å². The van der Waals surface area contributed by atoms with Crippen LogP contribution in [0.15, 0.2) is 25.3 Å². The van der Waals surface area contributed by atoms with E-state index in [1.54, 1.807) is 6.08 Å². The summed E-state index contributed by atoms with van der Waals surface area (Å²) in [5, 5.41) is 0. The molecule has 0 radical (unpaired) electrons. The van der Waals surface area contributed by atoms with Crippen LogP contribution in [0.1, 0.15) is 278 Å². The normalized spacial score (nSPS) is 31.8. The largest absolute Gasteiger partial charge is 0.459 e. The summed E-state index contributed by atoms with van der Waals surface area (Å²) in [6.45, 7) is 38.2. The van der Waals surface area contributed by atoms with Gasteiger partial charge in [-0.3, -0.25) is 0 Å². The van der Waals surface area contributed by atoms with Crippen LogP contribution in [-0.4, -0.2) is 110 Å². The van der Waals surface area contributed by atoms with Crippen LogP contribution >= 0.6 is 0 Å². The fraction of sp³-hybridized carbons (Fsp3) is 0.944. The van der Waals surface area contributed by atoms with E-state index in [0.29, 0.717) is 58.0 Å². The molecule has 0 aromatic carbocycles. The third-order valence-electron chi connectivity index (χ3n) is 24.0. The number of unbranched alkanes of at least 4 members (excludes halogenated alkanes) is 2. The van der Waals surface area contributed by atoms with Gasteiger partial charge in [0.05, 0.1) is 11.2 Å². The second kappa shape index (κ2) is 32.0. The molecule has 554 valence electrons. The van der Waals surface area contributed by atoms with Gasteiger partial charge in [-0.25, -0.2) is 0 Å². The molecule has 6 aliphatic carbocycles. The van der Waals surface area contributed by atoms with Gasteiger partial charge in [-0.1, -0.05) is 112 Å². The second-order valence-corrected chi connectivity index (χ2v) is 30.6. The Morgan fingerprint density at radius 3 is 1.21 bits per heavy atom. The zero-order valence-corrected chi connectivity index (χ0v) is 59.8. The first-order valence-corrected chi connectivity index (χ1v) is 35.2. The molecule has 0 amide bonds. The minimum atomic E-state index is -6.46. The molecule has 11 unspecified atom stereocenters. The maximum Gasteiger partial charge on any atom is 0.459 e. The summed E-state index contributed by atoms with van der Waals surface area (Å²) < 4.78 is 247. The summed E-state index contributed by atoms with van der Waals surface area (Å²) in [6.07, 6.45) is 4.45. The van der Waals surface area contributed by atoms with Crippen LogP contribution < -0.4 is 0 Å². The maximum atomic E-state index is 16.2. The van der Waals surface area contributed by atoms with Crippen molar-refractivity contribution in [3.05, 3.63) is 25.3 Å². The van der Waals surface area contributed by atoms with Gasteiger partial charge in [0.2, 0.25) is 0 Å². The molecule has 0 aliphatic heterocycles. The van der Waals surface area contributed by atoms with Crippen LogP contribution in [0.4, 0.5) is 61.5 Å². The minimum Gasteiger partial charge on any atom is -0.353 e. The van der Waals surface area contributed by atoms with Crippen molar-refractivity contribution in [3.63, 3.8) is 0 Å². The molecule has 6 aliphatic rings. The van der Waals surface area contributed by atoms with Gasteiger partial charge in [-0.05, 0) is 205 Å². The minimum absolute atomic E-state index is 0.0329. The molecule has 0 N–H and O–H groups in total. The van der Waals surface area contributed by atoms with Crippen molar-refractivity contribution >= 4 is 0 Å². The van der Waals surface area contributed by atoms with Crippen molar-refractivity contribution in [2.45, 2.75) is 361 Å². The van der Waals surface area contributed by atoms with Crippen molar-refractivity contribution < 1.29 is 99.4 Å². The number of allylic oxidation sites excluding steroid dienone is 1. The molecule has 8 nitrogen and oxygen atoms in total. The highest BCUT2D eigenvalue weighted by molar-refractivity contribution is 5.24. The van der Waals surface area contributed by atoms with Crippen molar-refractivity contribution in [2.75, 3.05) is 26.4 Å². The van der Waals surface area contributed by atoms with Crippen molar-refractivity contribution in [2.24, 2.45) is 44.3 Å². The Morgan fingerprint density at radius 1 is 0.447 bits per heavy atom. The molecule has 0 aromatic rings. The van der Waals surface area contributed by atoms with Crippen LogP contribution in [0.5, 0.6) is 0 Å². The van der Waals surface area contributed by atoms with Crippen LogP contribution in [0.25, 0.3) is 0 Å². The predicted octanol–water partition coefficient (Wildman–Crippen LogP) is 23.1. The smallest absolute Gasteiger partial charge is 0.353 e. The quantitative estimate of drug-likeness (QED) is 0.0269. The summed E-state index contributed by atoms with van der Waals surface area (Å²) in [5.41, 5.74) is -11.6. The van der Waals surface area contributed by atoms with Gasteiger partial charge in [0.15, 0.2) is 25.2 Å². The summed E-state index contributed by atoms with van der Waals surface area (Å²) in [6, 6.07) is 0. The average Bonchev–Trinajstić information content (AvgIpc) is 1.48. The van der Waals surface area contributed by atoms with E-state index in [4.69, 9.17) is 37.9 Å². The monoisotopic (exact) mass is 1380 g/mol. The lowest BCUT2D eigenvalue weighted by molar-refractivity contribution is -0.416. The lowest BCUT2D eigenvalue weighted by Crippen LogP contribution is -2.69. The number of hydrogen-bond donors (Lipinski definition) is 0. The zero-order chi connectivity index (χ0) is 71.7. The van der Waals surface area contributed by atoms with Crippen LogP contribution in [0.3, 0.4) is 0 Å². The van der Waals surface area contributed by atoms with Gasteiger partial charge in [0.1, 0.15) is 11.2 Å². The van der Waals surface area contributed by atoms with E-state index in [1.165, 1.54) is 33.1 Å². The van der Waals surface area contributed by atoms with E-state index in [-0.39, 0.29) is 81.3 Å². The van der Waals surface area contributed by atoms with E-state index >= 15 is 17.6 Å². The summed E-state index contributed by atoms with van der Waals surface area (Å²) in [5.74, 6) is -23.0. The lowest BCUT2D eigenvalue weighted by atomic mass is 9.52. The predicted molar refractivity (Wildman–Crippen MR) is 339 cm³/mol. The molecule has 0 spiro atoms. The van der Waals surface area contributed by atoms with E-state index in [9.17, 15) is 43.9 Å². The van der Waals surface area contributed by atoms with Gasteiger partial charge in [0, 0.05) is 43.2 Å². The van der Waals surface area contributed by atoms with Crippen LogP contribution in [-0.2, 0) is 37.9 Å². The number of halogens is 14. The fourth-order valence-electron chi connectivity index (χ4n) is 17.9. The zero-order valence-electron chi connectivity index (χ0n) is 59.8. The fourth-order valence-corrected chi connectivity index (χ4v) is 17.9. The molecular weight excluding hydrogens is 1260 g/mol. The summed E-state index contributed by atoms with van der Waals surface area (Å²) in [7, 11) is 0. The van der Waals surface area contributed by atoms with Crippen molar-refractivity contribution in [3.8, 4) is 0 Å².